The summed E-state index contributed by atoms with van der Waals surface area (Å²) in [6, 6.07) is 16.7. The number of methoxy groups -OCH3 is 1. The fourth-order valence-corrected chi connectivity index (χ4v) is 6.77. The lowest BCUT2D eigenvalue weighted by atomic mass is 9.72. The summed E-state index contributed by atoms with van der Waals surface area (Å²) in [7, 11) is 3.44. The van der Waals surface area contributed by atoms with Crippen molar-refractivity contribution >= 4 is 22.8 Å². The number of carbonyl (C=O) groups is 2. The highest BCUT2D eigenvalue weighted by molar-refractivity contribution is 5.89. The Morgan fingerprint density at radius 3 is 2.53 bits per heavy atom. The third-order valence-electron chi connectivity index (χ3n) is 8.83. The molecule has 3 aromatic rings. The Bertz CT molecular complexity index is 1530. The van der Waals surface area contributed by atoms with E-state index in [1.165, 1.54) is 0 Å². The number of nitrogens with zero attached hydrogens (tertiary/aromatic N) is 2. The van der Waals surface area contributed by atoms with Gasteiger partial charge >= 0.3 is 6.03 Å². The van der Waals surface area contributed by atoms with Crippen molar-refractivity contribution in [2.45, 2.75) is 71.9 Å². The number of nitrogens with one attached hydrogen (secondary N) is 2. The van der Waals surface area contributed by atoms with Crippen molar-refractivity contribution in [1.82, 2.24) is 20.5 Å². The maximum atomic E-state index is 13.5. The second kappa shape index (κ2) is 13.5. The van der Waals surface area contributed by atoms with Crippen LogP contribution in [0.2, 0.25) is 0 Å². The first-order valence-corrected chi connectivity index (χ1v) is 16.1. The van der Waals surface area contributed by atoms with Gasteiger partial charge in [0, 0.05) is 49.1 Å². The molecule has 0 radical (unpaired) electrons. The van der Waals surface area contributed by atoms with Crippen LogP contribution in [0.4, 0.5) is 4.79 Å². The van der Waals surface area contributed by atoms with Gasteiger partial charge in [0.05, 0.1) is 24.9 Å². The van der Waals surface area contributed by atoms with E-state index in [-0.39, 0.29) is 35.4 Å². The van der Waals surface area contributed by atoms with E-state index in [0.717, 1.165) is 47.8 Å². The molecule has 0 spiro atoms. The van der Waals surface area contributed by atoms with Gasteiger partial charge < -0.3 is 25.0 Å². The lowest BCUT2D eigenvalue weighted by Gasteiger charge is -2.37. The predicted molar refractivity (Wildman–Crippen MR) is 179 cm³/mol. The van der Waals surface area contributed by atoms with Crippen molar-refractivity contribution in [3.63, 3.8) is 0 Å². The van der Waals surface area contributed by atoms with Crippen LogP contribution in [-0.2, 0) is 4.79 Å². The molecule has 3 amide bonds. The van der Waals surface area contributed by atoms with E-state index in [0.29, 0.717) is 30.4 Å². The number of allylic oxidation sites excluding steroid dienone is 1. The molecule has 1 aliphatic carbocycles. The maximum Gasteiger partial charge on any atom is 0.317 e. The molecule has 8 heteroatoms. The SMILES string of the molecule is COc1ccc2c(OCCC3NC(=O)N(C)CC(C)(C)CC(C)(C)CC/C=C\[C@@H]4CC4NC3=O)cc(-c3ccccc3)nc2c1. The van der Waals surface area contributed by atoms with Crippen LogP contribution in [0.3, 0.4) is 0 Å². The molecule has 240 valence electrons. The highest BCUT2D eigenvalue weighted by atomic mass is 16.5. The topological polar surface area (TPSA) is 92.8 Å². The van der Waals surface area contributed by atoms with Gasteiger partial charge in [0.15, 0.2) is 0 Å². The highest BCUT2D eigenvalue weighted by Gasteiger charge is 2.38. The van der Waals surface area contributed by atoms with Crippen LogP contribution in [0, 0.1) is 16.7 Å². The van der Waals surface area contributed by atoms with E-state index in [9.17, 15) is 9.59 Å². The number of hydrogen-bond acceptors (Lipinski definition) is 5. The molecule has 0 saturated heterocycles. The van der Waals surface area contributed by atoms with Crippen molar-refractivity contribution in [2.24, 2.45) is 16.7 Å². The number of urea groups is 1. The first-order chi connectivity index (χ1) is 21.4. The number of carbonyl (C=O) groups excluding carboxylic acids is 2. The molecule has 2 unspecified atom stereocenters. The van der Waals surface area contributed by atoms with Gasteiger partial charge in [-0.15, -0.1) is 0 Å². The summed E-state index contributed by atoms with van der Waals surface area (Å²) in [6.45, 7) is 9.86. The second-order valence-corrected chi connectivity index (χ2v) is 14.2. The van der Waals surface area contributed by atoms with E-state index in [1.807, 2.05) is 54.6 Å². The minimum Gasteiger partial charge on any atom is -0.497 e. The fourth-order valence-electron chi connectivity index (χ4n) is 6.77. The Morgan fingerprint density at radius 2 is 1.78 bits per heavy atom. The van der Waals surface area contributed by atoms with Crippen molar-refractivity contribution in [2.75, 3.05) is 27.3 Å². The third kappa shape index (κ3) is 8.56. The molecule has 2 aliphatic rings. The first-order valence-electron chi connectivity index (χ1n) is 16.1. The standard InChI is InChI=1S/C37H48N4O4/c1-36(2)18-11-10-14-26-20-30(26)39-34(42)29(40-35(43)41(5)24-37(3,4)23-36)17-19-45-33-22-31(25-12-8-7-9-13-25)38-32-21-27(44-6)15-16-28(32)33/h7-10,12-16,21-22,26,29-30H,11,17-20,23-24H2,1-6H3,(H,39,42)(H,40,43)/b14-10-/t26-,29?,30?/m1/s1. The molecule has 0 bridgehead atoms. The van der Waals surface area contributed by atoms with Crippen LogP contribution >= 0.6 is 0 Å². The largest absolute Gasteiger partial charge is 0.497 e. The number of hydrogen-bond donors (Lipinski definition) is 2. The normalized spacial score (nSPS) is 24.2. The second-order valence-electron chi connectivity index (χ2n) is 14.2. The van der Waals surface area contributed by atoms with Crippen LogP contribution in [0.25, 0.3) is 22.2 Å². The van der Waals surface area contributed by atoms with Gasteiger partial charge in [-0.05, 0) is 54.6 Å². The maximum absolute atomic E-state index is 13.5. The number of aromatic nitrogens is 1. The minimum absolute atomic E-state index is 0.0830. The van der Waals surface area contributed by atoms with Gasteiger partial charge in [-0.1, -0.05) is 70.2 Å². The van der Waals surface area contributed by atoms with Gasteiger partial charge in [-0.25, -0.2) is 9.78 Å². The van der Waals surface area contributed by atoms with Crippen molar-refractivity contribution in [1.29, 1.82) is 0 Å². The smallest absolute Gasteiger partial charge is 0.317 e. The van der Waals surface area contributed by atoms with Gasteiger partial charge in [0.2, 0.25) is 5.91 Å². The average Bonchev–Trinajstić information content (AvgIpc) is 3.74. The fraction of sp³-hybridized carbons (Fsp3) is 0.486. The van der Waals surface area contributed by atoms with Crippen molar-refractivity contribution in [3.8, 4) is 22.8 Å². The predicted octanol–water partition coefficient (Wildman–Crippen LogP) is 6.99. The molecular formula is C37H48N4O4. The van der Waals surface area contributed by atoms with E-state index < -0.39 is 6.04 Å². The summed E-state index contributed by atoms with van der Waals surface area (Å²) in [5.74, 6) is 1.53. The van der Waals surface area contributed by atoms with Crippen LogP contribution in [0.5, 0.6) is 11.5 Å². The molecule has 1 aliphatic heterocycles. The quantitative estimate of drug-likeness (QED) is 0.293. The lowest BCUT2D eigenvalue weighted by Crippen LogP contribution is -2.52. The number of amides is 3. The van der Waals surface area contributed by atoms with E-state index in [1.54, 1.807) is 19.1 Å². The summed E-state index contributed by atoms with van der Waals surface area (Å²) in [5, 5.41) is 7.04. The van der Waals surface area contributed by atoms with Gasteiger partial charge in [-0.3, -0.25) is 4.79 Å². The molecule has 1 aromatic heterocycles. The molecule has 8 nitrogen and oxygen atoms in total. The number of ether oxygens (including phenoxy) is 2. The molecular weight excluding hydrogens is 564 g/mol. The molecule has 2 aromatic carbocycles. The summed E-state index contributed by atoms with van der Waals surface area (Å²) in [6.07, 6.45) is 8.85. The molecule has 5 rings (SSSR count). The summed E-state index contributed by atoms with van der Waals surface area (Å²) in [5.41, 5.74) is 2.57. The number of pyridine rings is 1. The number of fused-ring (bicyclic) bond motifs is 2. The van der Waals surface area contributed by atoms with Crippen molar-refractivity contribution in [3.05, 3.63) is 66.7 Å². The lowest BCUT2D eigenvalue weighted by molar-refractivity contribution is -0.123. The Kier molecular flexibility index (Phi) is 9.70. The van der Waals surface area contributed by atoms with Crippen LogP contribution in [0.15, 0.2) is 66.7 Å². The van der Waals surface area contributed by atoms with Crippen LogP contribution in [0.1, 0.15) is 59.8 Å². The van der Waals surface area contributed by atoms with Crippen molar-refractivity contribution < 1.29 is 19.1 Å². The van der Waals surface area contributed by atoms with E-state index in [2.05, 4.69) is 50.5 Å². The van der Waals surface area contributed by atoms with Gasteiger partial charge in [-0.2, -0.15) is 0 Å². The Hall–Kier alpha value is -4.07. The number of benzene rings is 2. The zero-order valence-electron chi connectivity index (χ0n) is 27.6. The molecule has 3 atom stereocenters. The summed E-state index contributed by atoms with van der Waals surface area (Å²) in [4.78, 5) is 33.5. The number of rotatable bonds is 6. The Balaban J connectivity index is 1.35. The Labute approximate surface area is 267 Å². The Morgan fingerprint density at radius 1 is 1.00 bits per heavy atom. The molecule has 2 heterocycles. The highest BCUT2D eigenvalue weighted by Crippen LogP contribution is 2.38. The summed E-state index contributed by atoms with van der Waals surface area (Å²) >= 11 is 0. The average molecular weight is 613 g/mol. The summed E-state index contributed by atoms with van der Waals surface area (Å²) < 4.78 is 11.8. The molecule has 1 saturated carbocycles. The van der Waals surface area contributed by atoms with E-state index in [4.69, 9.17) is 14.5 Å². The van der Waals surface area contributed by atoms with Gasteiger partial charge in [0.1, 0.15) is 17.5 Å². The molecule has 2 N–H and O–H groups in total. The first kappa shape index (κ1) is 32.3. The van der Waals surface area contributed by atoms with E-state index >= 15 is 0 Å². The monoisotopic (exact) mass is 612 g/mol. The molecule has 45 heavy (non-hydrogen) atoms. The van der Waals surface area contributed by atoms with Crippen LogP contribution < -0.4 is 20.1 Å². The minimum atomic E-state index is -0.737. The zero-order valence-corrected chi connectivity index (χ0v) is 27.6. The third-order valence-corrected chi connectivity index (χ3v) is 8.83. The van der Waals surface area contributed by atoms with Crippen LogP contribution in [-0.4, -0.2) is 61.2 Å². The van der Waals surface area contributed by atoms with Gasteiger partial charge in [0.25, 0.3) is 0 Å². The molecule has 1 fully saturated rings. The zero-order chi connectivity index (χ0) is 32.2.